The van der Waals surface area contributed by atoms with Crippen molar-refractivity contribution in [1.82, 2.24) is 4.57 Å². The van der Waals surface area contributed by atoms with Gasteiger partial charge in [0.2, 0.25) is 0 Å². The van der Waals surface area contributed by atoms with Gasteiger partial charge in [-0.2, -0.15) is 0 Å². The van der Waals surface area contributed by atoms with Crippen LogP contribution in [0.5, 0.6) is 23.0 Å². The van der Waals surface area contributed by atoms with E-state index in [4.69, 9.17) is 23.7 Å². The maximum Gasteiger partial charge on any atom is 0.338 e. The molecule has 1 aromatic heterocycles. The molecule has 1 aliphatic rings. The van der Waals surface area contributed by atoms with E-state index in [2.05, 4.69) is 4.99 Å². The SMILES string of the molecule is CCOC(=O)C1=C(C)N=c2s/c(=C/c3cc(OC)ccc3OC)c(=O)n2C1c1ccc(OC)c(OCC)c1. The fourth-order valence-corrected chi connectivity index (χ4v) is 5.37. The average molecular weight is 539 g/mol. The minimum atomic E-state index is -0.773. The Bertz CT molecular complexity index is 1570. The lowest BCUT2D eigenvalue weighted by Crippen LogP contribution is -2.40. The molecule has 3 aromatic rings. The Morgan fingerprint density at radius 1 is 1.00 bits per heavy atom. The molecule has 2 heterocycles. The molecule has 0 amide bonds. The van der Waals surface area contributed by atoms with Crippen molar-refractivity contribution in [3.63, 3.8) is 0 Å². The molecular weight excluding hydrogens is 508 g/mol. The molecule has 1 aliphatic heterocycles. The highest BCUT2D eigenvalue weighted by molar-refractivity contribution is 7.07. The normalized spacial score (nSPS) is 15.0. The average Bonchev–Trinajstić information content (AvgIpc) is 3.22. The molecule has 0 bridgehead atoms. The molecule has 4 rings (SSSR count). The van der Waals surface area contributed by atoms with Crippen LogP contribution in [0.1, 0.15) is 37.9 Å². The van der Waals surface area contributed by atoms with Crippen molar-refractivity contribution in [2.24, 2.45) is 4.99 Å². The number of hydrogen-bond acceptors (Lipinski definition) is 9. The maximum atomic E-state index is 13.9. The molecule has 1 unspecified atom stereocenters. The monoisotopic (exact) mass is 538 g/mol. The fourth-order valence-electron chi connectivity index (χ4n) is 4.33. The number of benzene rings is 2. The number of carbonyl (C=O) groups excluding carboxylic acids is 1. The Labute approximate surface area is 224 Å². The van der Waals surface area contributed by atoms with Crippen molar-refractivity contribution in [1.29, 1.82) is 0 Å². The molecule has 1 atom stereocenters. The van der Waals surface area contributed by atoms with Gasteiger partial charge in [-0.05, 0) is 62.7 Å². The lowest BCUT2D eigenvalue weighted by molar-refractivity contribution is -0.139. The largest absolute Gasteiger partial charge is 0.497 e. The van der Waals surface area contributed by atoms with Crippen molar-refractivity contribution in [3.05, 3.63) is 78.5 Å². The Morgan fingerprint density at radius 3 is 2.39 bits per heavy atom. The van der Waals surface area contributed by atoms with Crippen LogP contribution >= 0.6 is 11.3 Å². The van der Waals surface area contributed by atoms with E-state index in [0.29, 0.717) is 55.8 Å². The summed E-state index contributed by atoms with van der Waals surface area (Å²) in [5.41, 5.74) is 1.81. The number of carbonyl (C=O) groups is 1. The summed E-state index contributed by atoms with van der Waals surface area (Å²) in [6, 6.07) is 9.94. The van der Waals surface area contributed by atoms with Crippen molar-refractivity contribution in [2.45, 2.75) is 26.8 Å². The number of thiazole rings is 1. The third-order valence-electron chi connectivity index (χ3n) is 6.04. The van der Waals surface area contributed by atoms with Gasteiger partial charge in [-0.1, -0.05) is 17.4 Å². The third kappa shape index (κ3) is 5.04. The zero-order chi connectivity index (χ0) is 27.4. The number of methoxy groups -OCH3 is 3. The Hall–Kier alpha value is -4.05. The summed E-state index contributed by atoms with van der Waals surface area (Å²) in [6.45, 7) is 5.96. The second-order valence-electron chi connectivity index (χ2n) is 8.25. The van der Waals surface area contributed by atoms with Gasteiger partial charge in [0.25, 0.3) is 5.56 Å². The van der Waals surface area contributed by atoms with Gasteiger partial charge in [0.1, 0.15) is 11.5 Å². The molecule has 38 heavy (non-hydrogen) atoms. The van der Waals surface area contributed by atoms with Crippen LogP contribution in [0.3, 0.4) is 0 Å². The third-order valence-corrected chi connectivity index (χ3v) is 7.03. The van der Waals surface area contributed by atoms with E-state index in [9.17, 15) is 9.59 Å². The molecule has 9 nitrogen and oxygen atoms in total. The molecule has 0 aliphatic carbocycles. The molecule has 0 N–H and O–H groups in total. The molecule has 0 saturated heterocycles. The minimum Gasteiger partial charge on any atom is -0.497 e. The summed E-state index contributed by atoms with van der Waals surface area (Å²) >= 11 is 1.23. The molecule has 0 radical (unpaired) electrons. The number of nitrogens with zero attached hydrogens (tertiary/aromatic N) is 2. The second kappa shape index (κ2) is 11.6. The summed E-state index contributed by atoms with van der Waals surface area (Å²) in [4.78, 5) is 32.1. The number of rotatable bonds is 9. The Kier molecular flexibility index (Phi) is 8.21. The molecule has 10 heteroatoms. The summed E-state index contributed by atoms with van der Waals surface area (Å²) in [7, 11) is 4.70. The standard InChI is InChI=1S/C28H30N2O7S/c1-7-36-22-14-17(9-11-21(22)35-6)25-24(27(32)37-8-2)16(3)29-28-30(25)26(31)23(38-28)15-18-13-19(33-4)10-12-20(18)34-5/h9-15,25H,7-8H2,1-6H3/b23-15+. The van der Waals surface area contributed by atoms with E-state index in [1.807, 2.05) is 13.0 Å². The topological polar surface area (TPSA) is 97.6 Å². The van der Waals surface area contributed by atoms with Crippen LogP contribution < -0.4 is 33.8 Å². The van der Waals surface area contributed by atoms with Crippen molar-refractivity contribution >= 4 is 23.4 Å². The van der Waals surface area contributed by atoms with Crippen LogP contribution in [0.4, 0.5) is 0 Å². The van der Waals surface area contributed by atoms with Crippen LogP contribution in [0, 0.1) is 0 Å². The number of esters is 1. The highest BCUT2D eigenvalue weighted by atomic mass is 32.1. The van der Waals surface area contributed by atoms with E-state index < -0.39 is 12.0 Å². The maximum absolute atomic E-state index is 13.9. The molecular formula is C28H30N2O7S. The van der Waals surface area contributed by atoms with E-state index in [1.165, 1.54) is 15.9 Å². The van der Waals surface area contributed by atoms with E-state index in [-0.39, 0.29) is 17.7 Å². The van der Waals surface area contributed by atoms with Crippen LogP contribution in [-0.2, 0) is 9.53 Å². The number of fused-ring (bicyclic) bond motifs is 1. The van der Waals surface area contributed by atoms with Crippen LogP contribution in [0.25, 0.3) is 6.08 Å². The lowest BCUT2D eigenvalue weighted by atomic mass is 9.95. The smallest absolute Gasteiger partial charge is 0.338 e. The minimum absolute atomic E-state index is 0.190. The first kappa shape index (κ1) is 27.0. The summed E-state index contributed by atoms with van der Waals surface area (Å²) in [5.74, 6) is 1.74. The van der Waals surface area contributed by atoms with Gasteiger partial charge in [-0.25, -0.2) is 9.79 Å². The number of allylic oxidation sites excluding steroid dienone is 1. The zero-order valence-corrected chi connectivity index (χ0v) is 23.0. The summed E-state index contributed by atoms with van der Waals surface area (Å²) < 4.78 is 29.4. The van der Waals surface area contributed by atoms with Crippen molar-refractivity contribution in [2.75, 3.05) is 34.5 Å². The second-order valence-corrected chi connectivity index (χ2v) is 9.26. The predicted octanol–water partition coefficient (Wildman–Crippen LogP) is 3.22. The van der Waals surface area contributed by atoms with Crippen LogP contribution in [-0.4, -0.2) is 45.1 Å². The van der Waals surface area contributed by atoms with Gasteiger partial charge in [0.05, 0.1) is 56.4 Å². The van der Waals surface area contributed by atoms with Crippen molar-refractivity contribution < 1.29 is 28.5 Å². The Morgan fingerprint density at radius 2 is 1.74 bits per heavy atom. The fraction of sp³-hybridized carbons (Fsp3) is 0.321. The highest BCUT2D eigenvalue weighted by Gasteiger charge is 2.34. The van der Waals surface area contributed by atoms with Crippen LogP contribution in [0.2, 0.25) is 0 Å². The van der Waals surface area contributed by atoms with Crippen LogP contribution in [0.15, 0.2) is 57.5 Å². The summed E-state index contributed by atoms with van der Waals surface area (Å²) in [5, 5.41) is 0. The first-order valence-corrected chi connectivity index (χ1v) is 12.9. The molecule has 0 fully saturated rings. The van der Waals surface area contributed by atoms with E-state index >= 15 is 0 Å². The van der Waals surface area contributed by atoms with Gasteiger partial charge in [0.15, 0.2) is 16.3 Å². The molecule has 0 spiro atoms. The Balaban J connectivity index is 1.98. The number of ether oxygens (including phenoxy) is 5. The summed E-state index contributed by atoms with van der Waals surface area (Å²) in [6.07, 6.45) is 1.74. The quantitative estimate of drug-likeness (QED) is 0.386. The van der Waals surface area contributed by atoms with Gasteiger partial charge in [0, 0.05) is 5.56 Å². The first-order valence-electron chi connectivity index (χ1n) is 12.1. The zero-order valence-electron chi connectivity index (χ0n) is 22.2. The molecule has 0 saturated carbocycles. The molecule has 2 aromatic carbocycles. The predicted molar refractivity (Wildman–Crippen MR) is 144 cm³/mol. The first-order chi connectivity index (χ1) is 18.4. The number of hydrogen-bond donors (Lipinski definition) is 0. The molecule has 200 valence electrons. The van der Waals surface area contributed by atoms with Crippen molar-refractivity contribution in [3.8, 4) is 23.0 Å². The number of aromatic nitrogens is 1. The van der Waals surface area contributed by atoms with Gasteiger partial charge in [-0.3, -0.25) is 9.36 Å². The van der Waals surface area contributed by atoms with Gasteiger partial charge in [-0.15, -0.1) is 0 Å². The van der Waals surface area contributed by atoms with E-state index in [0.717, 1.165) is 0 Å². The lowest BCUT2D eigenvalue weighted by Gasteiger charge is -2.25. The van der Waals surface area contributed by atoms with Gasteiger partial charge < -0.3 is 23.7 Å². The van der Waals surface area contributed by atoms with Gasteiger partial charge >= 0.3 is 5.97 Å². The highest BCUT2D eigenvalue weighted by Crippen LogP contribution is 2.36. The van der Waals surface area contributed by atoms with E-state index in [1.54, 1.807) is 71.6 Å².